The van der Waals surface area contributed by atoms with Crippen molar-refractivity contribution in [3.8, 4) is 0 Å². The van der Waals surface area contributed by atoms with Gasteiger partial charge in [0.1, 0.15) is 46.6 Å². The van der Waals surface area contributed by atoms with Gasteiger partial charge in [-0.1, -0.05) is 28.9 Å². The Balaban J connectivity index is 1.52. The number of pyridine rings is 1. The predicted octanol–water partition coefficient (Wildman–Crippen LogP) is 4.49. The Kier molecular flexibility index (Phi) is 6.41. The van der Waals surface area contributed by atoms with Gasteiger partial charge >= 0.3 is 0 Å². The Morgan fingerprint density at radius 2 is 2.00 bits per heavy atom. The van der Waals surface area contributed by atoms with Gasteiger partial charge in [0, 0.05) is 15.9 Å². The highest BCUT2D eigenvalue weighted by atomic mass is 79.9. The van der Waals surface area contributed by atoms with Crippen LogP contribution in [0.3, 0.4) is 0 Å². The number of hydrogen-bond donors (Lipinski definition) is 2. The van der Waals surface area contributed by atoms with Crippen molar-refractivity contribution in [1.29, 1.82) is 0 Å². The van der Waals surface area contributed by atoms with Crippen molar-refractivity contribution >= 4 is 77.2 Å². The van der Waals surface area contributed by atoms with E-state index in [0.717, 1.165) is 0 Å². The molecule has 2 amide bonds. The van der Waals surface area contributed by atoms with Gasteiger partial charge in [0.25, 0.3) is 0 Å². The molecule has 3 aromatic heterocycles. The lowest BCUT2D eigenvalue weighted by Crippen LogP contribution is -2.47. The zero-order chi connectivity index (χ0) is 25.7. The lowest BCUT2D eigenvalue weighted by atomic mass is 10.0. The zero-order valence-corrected chi connectivity index (χ0v) is 22.5. The van der Waals surface area contributed by atoms with E-state index in [0.29, 0.717) is 37.7 Å². The molecular formula is C24H22Br2FN7O2. The van der Waals surface area contributed by atoms with E-state index in [2.05, 4.69) is 52.1 Å². The largest absolute Gasteiger partial charge is 0.383 e. The van der Waals surface area contributed by atoms with Crippen molar-refractivity contribution in [2.75, 3.05) is 11.1 Å². The first-order valence-electron chi connectivity index (χ1n) is 11.3. The van der Waals surface area contributed by atoms with E-state index in [-0.39, 0.29) is 41.7 Å². The molecule has 0 unspecified atom stereocenters. The van der Waals surface area contributed by atoms with Crippen LogP contribution < -0.4 is 11.1 Å². The average molecular weight is 619 g/mol. The molecule has 1 aliphatic rings. The van der Waals surface area contributed by atoms with Crippen molar-refractivity contribution in [2.24, 2.45) is 5.92 Å². The van der Waals surface area contributed by atoms with Crippen LogP contribution in [0.4, 0.5) is 16.0 Å². The van der Waals surface area contributed by atoms with Crippen molar-refractivity contribution < 1.29 is 14.0 Å². The highest BCUT2D eigenvalue weighted by Gasteiger charge is 2.43. The van der Waals surface area contributed by atoms with Crippen LogP contribution in [0.25, 0.3) is 21.9 Å². The summed E-state index contributed by atoms with van der Waals surface area (Å²) in [6.45, 7) is 3.70. The number of amides is 2. The van der Waals surface area contributed by atoms with E-state index in [4.69, 9.17) is 5.73 Å². The minimum Gasteiger partial charge on any atom is -0.383 e. The third-order valence-corrected chi connectivity index (χ3v) is 7.62. The van der Waals surface area contributed by atoms with Crippen LogP contribution >= 0.6 is 31.9 Å². The molecule has 5 rings (SSSR count). The van der Waals surface area contributed by atoms with E-state index in [1.54, 1.807) is 29.2 Å². The van der Waals surface area contributed by atoms with E-state index < -0.39 is 11.9 Å². The molecule has 9 nitrogen and oxygen atoms in total. The number of benzene rings is 1. The van der Waals surface area contributed by atoms with Crippen molar-refractivity contribution in [2.45, 2.75) is 38.9 Å². The molecule has 0 aliphatic carbocycles. The Bertz CT molecular complexity index is 1530. The fourth-order valence-electron chi connectivity index (χ4n) is 4.90. The number of nitrogens with one attached hydrogen (secondary N) is 1. The predicted molar refractivity (Wildman–Crippen MR) is 142 cm³/mol. The molecule has 186 valence electrons. The smallest absolute Gasteiger partial charge is 0.248 e. The van der Waals surface area contributed by atoms with Gasteiger partial charge in [0.2, 0.25) is 11.8 Å². The molecule has 4 heterocycles. The minimum atomic E-state index is -0.699. The first-order valence-corrected chi connectivity index (χ1v) is 12.9. The topological polar surface area (TPSA) is 119 Å². The number of carbonyl (C=O) groups is 2. The molecule has 0 saturated carbocycles. The highest BCUT2D eigenvalue weighted by molar-refractivity contribution is 9.10. The molecular weight excluding hydrogens is 597 g/mol. The van der Waals surface area contributed by atoms with Gasteiger partial charge < -0.3 is 20.5 Å². The van der Waals surface area contributed by atoms with Crippen molar-refractivity contribution in [1.82, 2.24) is 24.4 Å². The van der Waals surface area contributed by atoms with Crippen LogP contribution in [0.1, 0.15) is 20.3 Å². The Hall–Kier alpha value is -3.12. The van der Waals surface area contributed by atoms with E-state index >= 15 is 4.39 Å². The first-order chi connectivity index (χ1) is 17.2. The maximum atomic E-state index is 15.2. The first kappa shape index (κ1) is 24.6. The number of hydrogen-bond acceptors (Lipinski definition) is 6. The normalized spacial score (nSPS) is 19.8. The molecule has 1 saturated heterocycles. The average Bonchev–Trinajstić information content (AvgIpc) is 3.29. The van der Waals surface area contributed by atoms with Crippen LogP contribution in [0, 0.1) is 11.7 Å². The number of halogens is 3. The number of nitrogen functional groups attached to an aromatic ring is 1. The fraction of sp³-hybridized carbons (Fsp3) is 0.292. The summed E-state index contributed by atoms with van der Waals surface area (Å²) in [7, 11) is 0. The van der Waals surface area contributed by atoms with Crippen LogP contribution in [0.2, 0.25) is 0 Å². The number of carbonyl (C=O) groups excluding carboxylic acids is 2. The summed E-state index contributed by atoms with van der Waals surface area (Å²) in [5.74, 6) is -0.514. The summed E-state index contributed by atoms with van der Waals surface area (Å²) in [4.78, 5) is 41.2. The SMILES string of the molecule is C[C@@H]1C[C@@H](C(=O)Nc2cccc(Br)n2)N(C(=O)Cn2c3ncnc(N)c3c3cc(Br)cc(F)c32)[C@@H]1C. The van der Waals surface area contributed by atoms with Gasteiger partial charge in [0.05, 0.1) is 10.9 Å². The third-order valence-electron chi connectivity index (χ3n) is 6.72. The third kappa shape index (κ3) is 4.21. The second-order valence-electron chi connectivity index (χ2n) is 8.93. The molecule has 12 heteroatoms. The van der Waals surface area contributed by atoms with Crippen LogP contribution in [0.5, 0.6) is 0 Å². The summed E-state index contributed by atoms with van der Waals surface area (Å²) < 4.78 is 17.8. The Labute approximate surface area is 222 Å². The minimum absolute atomic E-state index is 0.0870. The van der Waals surface area contributed by atoms with Crippen LogP contribution in [-0.4, -0.2) is 48.3 Å². The highest BCUT2D eigenvalue weighted by Crippen LogP contribution is 2.36. The van der Waals surface area contributed by atoms with E-state index in [1.807, 2.05) is 13.8 Å². The Morgan fingerprint density at radius 3 is 2.75 bits per heavy atom. The molecule has 1 aliphatic heterocycles. The lowest BCUT2D eigenvalue weighted by molar-refractivity contribution is -0.139. The number of fused-ring (bicyclic) bond motifs is 3. The summed E-state index contributed by atoms with van der Waals surface area (Å²) in [6, 6.07) is 7.35. The van der Waals surface area contributed by atoms with E-state index in [9.17, 15) is 9.59 Å². The molecule has 3 atom stereocenters. The number of nitrogens with two attached hydrogens (primary N) is 1. The molecule has 36 heavy (non-hydrogen) atoms. The van der Waals surface area contributed by atoms with Crippen molar-refractivity contribution in [3.05, 3.63) is 51.6 Å². The van der Waals surface area contributed by atoms with Gasteiger partial charge in [-0.3, -0.25) is 9.59 Å². The molecule has 1 fully saturated rings. The summed E-state index contributed by atoms with van der Waals surface area (Å²) in [6.07, 6.45) is 1.78. The maximum Gasteiger partial charge on any atom is 0.248 e. The maximum absolute atomic E-state index is 15.2. The summed E-state index contributed by atoms with van der Waals surface area (Å²) >= 11 is 6.61. The molecule has 0 radical (unpaired) electrons. The quantitative estimate of drug-likeness (QED) is 0.325. The second-order valence-corrected chi connectivity index (χ2v) is 10.7. The number of likely N-dealkylation sites (tertiary alicyclic amines) is 1. The number of nitrogens with zero attached hydrogens (tertiary/aromatic N) is 5. The van der Waals surface area contributed by atoms with E-state index in [1.165, 1.54) is 17.0 Å². The van der Waals surface area contributed by atoms with Gasteiger partial charge in [-0.25, -0.2) is 19.3 Å². The zero-order valence-electron chi connectivity index (χ0n) is 19.4. The number of anilines is 2. The number of aromatic nitrogens is 4. The lowest BCUT2D eigenvalue weighted by Gasteiger charge is -2.29. The second kappa shape index (κ2) is 9.40. The van der Waals surface area contributed by atoms with Gasteiger partial charge in [0.15, 0.2) is 0 Å². The molecule has 4 aromatic rings. The molecule has 0 bridgehead atoms. The molecule has 0 spiro atoms. The Morgan fingerprint density at radius 1 is 1.22 bits per heavy atom. The van der Waals surface area contributed by atoms with Gasteiger partial charge in [-0.2, -0.15) is 0 Å². The fourth-order valence-corrected chi connectivity index (χ4v) is 5.68. The summed E-state index contributed by atoms with van der Waals surface area (Å²) in [5, 5.41) is 3.78. The summed E-state index contributed by atoms with van der Waals surface area (Å²) in [5.41, 5.74) is 6.67. The van der Waals surface area contributed by atoms with Gasteiger partial charge in [-0.05, 0) is 59.5 Å². The monoisotopic (exact) mass is 617 g/mol. The van der Waals surface area contributed by atoms with Crippen molar-refractivity contribution in [3.63, 3.8) is 0 Å². The standard InChI is InChI=1S/C24H22Br2FN7O2/c1-11-6-16(24(36)32-18-5-3-4-17(26)31-18)34(12(11)2)19(35)9-33-21-14(7-13(25)8-15(21)27)20-22(28)29-10-30-23(20)33/h3-5,7-8,10-12,16H,6,9H2,1-2H3,(H2,28,29,30)(H,31,32,36)/t11-,12-,16+/m1/s1. The molecule has 1 aromatic carbocycles. The van der Waals surface area contributed by atoms with Crippen LogP contribution in [-0.2, 0) is 16.1 Å². The number of rotatable bonds is 4. The van der Waals surface area contributed by atoms with Gasteiger partial charge in [-0.15, -0.1) is 0 Å². The molecule has 3 N–H and O–H groups in total. The van der Waals surface area contributed by atoms with Crippen LogP contribution in [0.15, 0.2) is 45.7 Å².